The molecule has 0 radical (unpaired) electrons. The number of aliphatic carboxylic acids is 2. The fraction of sp³-hybridized carbons (Fsp3) is 0.391. The number of likely N-dealkylation sites (tertiary alicyclic amines) is 1. The predicted octanol–water partition coefficient (Wildman–Crippen LogP) is 4.51. The van der Waals surface area contributed by atoms with Crippen molar-refractivity contribution in [2.75, 3.05) is 19.6 Å². The van der Waals surface area contributed by atoms with Gasteiger partial charge in [0.25, 0.3) is 0 Å². The third kappa shape index (κ3) is 11.7. The first-order valence-corrected chi connectivity index (χ1v) is 10.4. The fourth-order valence-electron chi connectivity index (χ4n) is 3.27. The van der Waals surface area contributed by atoms with E-state index in [-0.39, 0.29) is 0 Å². The van der Waals surface area contributed by atoms with Crippen LogP contribution in [0.5, 0.6) is 0 Å². The number of carbonyl (C=O) groups is 2. The van der Waals surface area contributed by atoms with Gasteiger partial charge >= 0.3 is 24.3 Å². The van der Waals surface area contributed by atoms with Crippen LogP contribution in [0.15, 0.2) is 60.7 Å². The number of nitrogens with zero attached hydrogens (tertiary/aromatic N) is 1. The minimum absolute atomic E-state index is 0.372. The van der Waals surface area contributed by atoms with Gasteiger partial charge in [-0.15, -0.1) is 0 Å². The van der Waals surface area contributed by atoms with Crippen molar-refractivity contribution < 1.29 is 46.1 Å². The van der Waals surface area contributed by atoms with Crippen molar-refractivity contribution in [3.63, 3.8) is 0 Å². The van der Waals surface area contributed by atoms with Crippen LogP contribution in [0.25, 0.3) is 0 Å². The molecule has 1 unspecified atom stereocenters. The number of carboxylic acid groups (broad SMARTS) is 2. The molecule has 1 atom stereocenters. The summed E-state index contributed by atoms with van der Waals surface area (Å²) in [6.45, 7) is 3.33. The lowest BCUT2D eigenvalue weighted by Gasteiger charge is -2.22. The Hall–Kier alpha value is -3.12. The van der Waals surface area contributed by atoms with Gasteiger partial charge < -0.3 is 20.8 Å². The fourth-order valence-corrected chi connectivity index (χ4v) is 3.27. The SMILES string of the molecule is NC1CCN(CCC(c2ccccc2)c2ccccc2)C1.O=C(O)C(F)(F)F.O=C(O)C(F)(F)F. The number of halogens is 6. The van der Waals surface area contributed by atoms with Crippen LogP contribution < -0.4 is 5.73 Å². The lowest BCUT2D eigenvalue weighted by molar-refractivity contribution is -0.193. The molecule has 0 bridgehead atoms. The van der Waals surface area contributed by atoms with Crippen LogP contribution in [-0.4, -0.2) is 65.1 Å². The van der Waals surface area contributed by atoms with Crippen LogP contribution in [0.2, 0.25) is 0 Å². The van der Waals surface area contributed by atoms with E-state index in [2.05, 4.69) is 65.6 Å². The van der Waals surface area contributed by atoms with Crippen LogP contribution in [0.4, 0.5) is 26.3 Å². The molecule has 0 spiro atoms. The van der Waals surface area contributed by atoms with Gasteiger partial charge in [0.15, 0.2) is 0 Å². The molecule has 6 nitrogen and oxygen atoms in total. The standard InChI is InChI=1S/C19H24N2.2C2HF3O2/c20-18-11-13-21(15-18)14-12-19(16-7-3-1-4-8-16)17-9-5-2-6-10-17;2*3-2(4,5)1(6)7/h1-10,18-19H,11-15,20H2;2*(H,6,7). The Labute approximate surface area is 198 Å². The van der Waals surface area contributed by atoms with Gasteiger partial charge in [0.2, 0.25) is 0 Å². The first-order valence-electron chi connectivity index (χ1n) is 10.4. The van der Waals surface area contributed by atoms with Gasteiger partial charge in [-0.3, -0.25) is 0 Å². The Morgan fingerprint density at radius 2 is 1.23 bits per heavy atom. The molecule has 2 aromatic carbocycles. The van der Waals surface area contributed by atoms with Crippen LogP contribution in [-0.2, 0) is 9.59 Å². The topological polar surface area (TPSA) is 104 Å². The van der Waals surface area contributed by atoms with Crippen molar-refractivity contribution in [1.29, 1.82) is 0 Å². The van der Waals surface area contributed by atoms with Crippen LogP contribution in [0, 0.1) is 0 Å². The van der Waals surface area contributed by atoms with Gasteiger partial charge in [-0.05, 0) is 37.1 Å². The monoisotopic (exact) mass is 508 g/mol. The molecule has 0 aromatic heterocycles. The highest BCUT2D eigenvalue weighted by Gasteiger charge is 2.38. The molecule has 4 N–H and O–H groups in total. The summed E-state index contributed by atoms with van der Waals surface area (Å²) in [7, 11) is 0. The lowest BCUT2D eigenvalue weighted by Crippen LogP contribution is -2.28. The summed E-state index contributed by atoms with van der Waals surface area (Å²) in [5.74, 6) is -5.04. The quantitative estimate of drug-likeness (QED) is 0.514. The van der Waals surface area contributed by atoms with Crippen molar-refractivity contribution in [3.05, 3.63) is 71.8 Å². The zero-order valence-corrected chi connectivity index (χ0v) is 18.5. The maximum absolute atomic E-state index is 10.6. The molecule has 3 rings (SSSR count). The molecule has 1 heterocycles. The summed E-state index contributed by atoms with van der Waals surface area (Å²) in [5.41, 5.74) is 8.83. The average Bonchev–Trinajstić information content (AvgIpc) is 3.20. The third-order valence-electron chi connectivity index (χ3n) is 4.93. The van der Waals surface area contributed by atoms with Crippen molar-refractivity contribution in [3.8, 4) is 0 Å². The molecular weight excluding hydrogens is 482 g/mol. The molecular formula is C23H26F6N2O4. The predicted molar refractivity (Wildman–Crippen MR) is 116 cm³/mol. The minimum atomic E-state index is -5.08. The summed E-state index contributed by atoms with van der Waals surface area (Å²) in [4.78, 5) is 20.3. The van der Waals surface area contributed by atoms with E-state index >= 15 is 0 Å². The molecule has 1 saturated heterocycles. The Kier molecular flexibility index (Phi) is 11.7. The van der Waals surface area contributed by atoms with E-state index in [1.807, 2.05) is 0 Å². The van der Waals surface area contributed by atoms with Gasteiger partial charge in [-0.25, -0.2) is 9.59 Å². The van der Waals surface area contributed by atoms with E-state index in [1.54, 1.807) is 0 Å². The molecule has 12 heteroatoms. The maximum Gasteiger partial charge on any atom is 0.490 e. The third-order valence-corrected chi connectivity index (χ3v) is 4.93. The van der Waals surface area contributed by atoms with E-state index in [0.29, 0.717) is 12.0 Å². The molecule has 0 aliphatic carbocycles. The number of carboxylic acids is 2. The first-order chi connectivity index (χ1) is 16.2. The summed E-state index contributed by atoms with van der Waals surface area (Å²) in [6, 6.07) is 22.1. The molecule has 0 amide bonds. The van der Waals surface area contributed by atoms with Gasteiger partial charge in [0.1, 0.15) is 0 Å². The first kappa shape index (κ1) is 29.9. The van der Waals surface area contributed by atoms with Crippen molar-refractivity contribution in [1.82, 2.24) is 4.90 Å². The van der Waals surface area contributed by atoms with Gasteiger partial charge in [-0.2, -0.15) is 26.3 Å². The van der Waals surface area contributed by atoms with E-state index in [4.69, 9.17) is 25.5 Å². The highest BCUT2D eigenvalue weighted by atomic mass is 19.4. The minimum Gasteiger partial charge on any atom is -0.475 e. The highest BCUT2D eigenvalue weighted by Crippen LogP contribution is 2.28. The molecule has 2 aromatic rings. The normalized spacial score (nSPS) is 16.1. The number of alkyl halides is 6. The van der Waals surface area contributed by atoms with E-state index in [9.17, 15) is 26.3 Å². The van der Waals surface area contributed by atoms with Crippen molar-refractivity contribution in [2.24, 2.45) is 5.73 Å². The molecule has 0 saturated carbocycles. The summed E-state index contributed by atoms with van der Waals surface area (Å²) in [6.07, 6.45) is -7.87. The largest absolute Gasteiger partial charge is 0.490 e. The zero-order valence-electron chi connectivity index (χ0n) is 18.5. The van der Waals surface area contributed by atoms with E-state index < -0.39 is 24.3 Å². The van der Waals surface area contributed by atoms with Gasteiger partial charge in [0.05, 0.1) is 0 Å². The second-order valence-electron chi connectivity index (χ2n) is 7.62. The number of hydrogen-bond donors (Lipinski definition) is 3. The maximum atomic E-state index is 10.6. The van der Waals surface area contributed by atoms with Crippen molar-refractivity contribution >= 4 is 11.9 Å². The van der Waals surface area contributed by atoms with Gasteiger partial charge in [-0.1, -0.05) is 60.7 Å². The zero-order chi connectivity index (χ0) is 26.6. The summed E-state index contributed by atoms with van der Waals surface area (Å²) in [5, 5.41) is 14.2. The number of hydrogen-bond acceptors (Lipinski definition) is 4. The van der Waals surface area contributed by atoms with Gasteiger partial charge in [0, 0.05) is 18.5 Å². The molecule has 35 heavy (non-hydrogen) atoms. The summed E-state index contributed by atoms with van der Waals surface area (Å²) >= 11 is 0. The van der Waals surface area contributed by atoms with Crippen LogP contribution in [0.3, 0.4) is 0 Å². The molecule has 1 aliphatic heterocycles. The highest BCUT2D eigenvalue weighted by molar-refractivity contribution is 5.73. The number of rotatable bonds is 5. The van der Waals surface area contributed by atoms with E-state index in [0.717, 1.165) is 32.5 Å². The Balaban J connectivity index is 0.000000362. The Morgan fingerprint density at radius 3 is 1.51 bits per heavy atom. The van der Waals surface area contributed by atoms with E-state index in [1.165, 1.54) is 11.1 Å². The van der Waals surface area contributed by atoms with Crippen molar-refractivity contribution in [2.45, 2.75) is 37.2 Å². The lowest BCUT2D eigenvalue weighted by atomic mass is 9.88. The Bertz CT molecular complexity index is 844. The number of nitrogens with two attached hydrogens (primary N) is 1. The average molecular weight is 508 g/mol. The molecule has 1 aliphatic rings. The smallest absolute Gasteiger partial charge is 0.475 e. The second-order valence-corrected chi connectivity index (χ2v) is 7.62. The Morgan fingerprint density at radius 1 is 0.857 bits per heavy atom. The van der Waals surface area contributed by atoms with Crippen LogP contribution >= 0.6 is 0 Å². The summed E-state index contributed by atoms with van der Waals surface area (Å²) < 4.78 is 63.5. The second kappa shape index (κ2) is 13.7. The number of benzene rings is 2. The molecule has 1 fully saturated rings. The van der Waals surface area contributed by atoms with Crippen LogP contribution in [0.1, 0.15) is 29.9 Å². The molecule has 194 valence electrons.